The van der Waals surface area contributed by atoms with Gasteiger partial charge < -0.3 is 4.90 Å². The van der Waals surface area contributed by atoms with E-state index in [-0.39, 0.29) is 5.41 Å². The molecule has 0 radical (unpaired) electrons. The maximum Gasteiger partial charge on any atom is 0.0726 e. The molecule has 0 atom stereocenters. The molecular formula is C49H31NS. The van der Waals surface area contributed by atoms with E-state index in [0.29, 0.717) is 0 Å². The van der Waals surface area contributed by atoms with Gasteiger partial charge in [0.25, 0.3) is 0 Å². The van der Waals surface area contributed by atoms with Gasteiger partial charge in [-0.25, -0.2) is 0 Å². The molecule has 2 aliphatic rings. The van der Waals surface area contributed by atoms with Gasteiger partial charge in [0.1, 0.15) is 0 Å². The van der Waals surface area contributed by atoms with Crippen LogP contribution in [0.1, 0.15) is 22.3 Å². The molecule has 11 rings (SSSR count). The van der Waals surface area contributed by atoms with Crippen LogP contribution in [0, 0.1) is 0 Å². The normalized spacial score (nSPS) is 13.3. The monoisotopic (exact) mass is 665 g/mol. The lowest BCUT2D eigenvalue weighted by molar-refractivity contribution is 0.793. The average molecular weight is 666 g/mol. The molecule has 0 aliphatic heterocycles. The van der Waals surface area contributed by atoms with E-state index in [1.807, 2.05) is 11.3 Å². The summed E-state index contributed by atoms with van der Waals surface area (Å²) in [5.41, 5.74) is 16.2. The van der Waals surface area contributed by atoms with Gasteiger partial charge in [0, 0.05) is 37.2 Å². The van der Waals surface area contributed by atoms with Crippen molar-refractivity contribution in [1.29, 1.82) is 0 Å². The third-order valence-electron chi connectivity index (χ3n) is 11.1. The van der Waals surface area contributed by atoms with Crippen LogP contribution in [-0.2, 0) is 5.41 Å². The van der Waals surface area contributed by atoms with Crippen molar-refractivity contribution in [3.63, 3.8) is 0 Å². The highest BCUT2D eigenvalue weighted by molar-refractivity contribution is 7.26. The topological polar surface area (TPSA) is 3.24 Å². The van der Waals surface area contributed by atoms with Gasteiger partial charge in [-0.2, -0.15) is 0 Å². The first-order chi connectivity index (χ1) is 25.3. The lowest BCUT2D eigenvalue weighted by atomic mass is 9.70. The van der Waals surface area contributed by atoms with Crippen molar-refractivity contribution in [3.05, 3.63) is 210 Å². The molecule has 2 heteroatoms. The minimum Gasteiger partial charge on any atom is -0.310 e. The summed E-state index contributed by atoms with van der Waals surface area (Å²) in [6.07, 6.45) is 0. The average Bonchev–Trinajstić information content (AvgIpc) is 3.83. The van der Waals surface area contributed by atoms with Crippen LogP contribution >= 0.6 is 11.3 Å². The Balaban J connectivity index is 1.10. The molecular weight excluding hydrogens is 635 g/mol. The Bertz CT molecular complexity index is 2750. The minimum absolute atomic E-state index is 0.385. The molecule has 0 unspecified atom stereocenters. The quantitative estimate of drug-likeness (QED) is 0.181. The Labute approximate surface area is 301 Å². The molecule has 1 heterocycles. The Morgan fingerprint density at radius 3 is 1.55 bits per heavy atom. The first-order valence-electron chi connectivity index (χ1n) is 17.6. The summed E-state index contributed by atoms with van der Waals surface area (Å²) in [5.74, 6) is 0. The Hall–Kier alpha value is -6.22. The number of rotatable bonds is 4. The van der Waals surface area contributed by atoms with Crippen molar-refractivity contribution in [1.82, 2.24) is 0 Å². The van der Waals surface area contributed by atoms with Crippen molar-refractivity contribution < 1.29 is 0 Å². The number of hydrogen-bond donors (Lipinski definition) is 0. The van der Waals surface area contributed by atoms with Gasteiger partial charge in [-0.3, -0.25) is 0 Å². The molecule has 1 spiro atoms. The molecule has 9 aromatic rings. The van der Waals surface area contributed by atoms with Crippen LogP contribution in [0.25, 0.3) is 53.6 Å². The molecule has 0 N–H and O–H groups in total. The lowest BCUT2D eigenvalue weighted by Gasteiger charge is -2.32. The molecule has 8 aromatic carbocycles. The highest BCUT2D eigenvalue weighted by Gasteiger charge is 2.51. The molecule has 0 fully saturated rings. The third kappa shape index (κ3) is 3.97. The number of fused-ring (bicyclic) bond motifs is 13. The van der Waals surface area contributed by atoms with Crippen molar-refractivity contribution >= 4 is 48.6 Å². The zero-order valence-corrected chi connectivity index (χ0v) is 28.6. The number of nitrogens with zero attached hydrogens (tertiary/aromatic N) is 1. The van der Waals surface area contributed by atoms with Crippen LogP contribution in [0.2, 0.25) is 0 Å². The Morgan fingerprint density at radius 1 is 0.353 bits per heavy atom. The van der Waals surface area contributed by atoms with Gasteiger partial charge in [0.2, 0.25) is 0 Å². The van der Waals surface area contributed by atoms with Gasteiger partial charge in [-0.15, -0.1) is 11.3 Å². The van der Waals surface area contributed by atoms with E-state index < -0.39 is 0 Å². The van der Waals surface area contributed by atoms with E-state index in [1.54, 1.807) is 0 Å². The van der Waals surface area contributed by atoms with Crippen LogP contribution in [0.3, 0.4) is 0 Å². The SMILES string of the molecule is c1ccc(N(c2ccc(-c3cccc4c3sc3ccccc34)cc2)c2ccc3c(c2)C2(c4ccccc4-c4ccccc42)c2ccccc2-3)cc1. The number of benzene rings is 8. The van der Waals surface area contributed by atoms with E-state index in [0.717, 1.165) is 17.1 Å². The largest absolute Gasteiger partial charge is 0.310 e. The second-order valence-corrected chi connectivity index (χ2v) is 14.7. The van der Waals surface area contributed by atoms with Gasteiger partial charge in [-0.1, -0.05) is 146 Å². The lowest BCUT2D eigenvalue weighted by Crippen LogP contribution is -2.26. The van der Waals surface area contributed by atoms with E-state index in [1.165, 1.54) is 75.8 Å². The first-order valence-corrected chi connectivity index (χ1v) is 18.4. The van der Waals surface area contributed by atoms with Crippen LogP contribution in [0.4, 0.5) is 17.1 Å². The third-order valence-corrected chi connectivity index (χ3v) is 12.3. The number of thiophene rings is 1. The van der Waals surface area contributed by atoms with Gasteiger partial charge in [0.05, 0.1) is 5.41 Å². The Morgan fingerprint density at radius 2 is 0.863 bits per heavy atom. The number of anilines is 3. The fourth-order valence-electron chi connectivity index (χ4n) is 9.01. The summed E-state index contributed by atoms with van der Waals surface area (Å²) in [7, 11) is 0. The molecule has 238 valence electrons. The maximum absolute atomic E-state index is 2.47. The molecule has 1 nitrogen and oxygen atoms in total. The van der Waals surface area contributed by atoms with Gasteiger partial charge in [0.15, 0.2) is 0 Å². The van der Waals surface area contributed by atoms with E-state index >= 15 is 0 Å². The summed E-state index contributed by atoms with van der Waals surface area (Å²) in [6.45, 7) is 0. The van der Waals surface area contributed by atoms with E-state index in [2.05, 4.69) is 193 Å². The number of para-hydroxylation sites is 1. The van der Waals surface area contributed by atoms with Gasteiger partial charge >= 0.3 is 0 Å². The smallest absolute Gasteiger partial charge is 0.0726 e. The zero-order chi connectivity index (χ0) is 33.5. The second kappa shape index (κ2) is 10.9. The van der Waals surface area contributed by atoms with Crippen molar-refractivity contribution in [3.8, 4) is 33.4 Å². The highest BCUT2D eigenvalue weighted by atomic mass is 32.1. The van der Waals surface area contributed by atoms with Crippen molar-refractivity contribution in [2.75, 3.05) is 4.90 Å². The summed E-state index contributed by atoms with van der Waals surface area (Å²) in [6, 6.07) is 69.6. The van der Waals surface area contributed by atoms with Crippen LogP contribution in [0.15, 0.2) is 188 Å². The molecule has 0 saturated carbocycles. The van der Waals surface area contributed by atoms with E-state index in [9.17, 15) is 0 Å². The first kappa shape index (κ1) is 28.6. The fraction of sp³-hybridized carbons (Fsp3) is 0.0204. The molecule has 1 aromatic heterocycles. The van der Waals surface area contributed by atoms with Crippen molar-refractivity contribution in [2.45, 2.75) is 5.41 Å². The standard InChI is InChI=1S/C49H31NS/c1-2-13-33(14-3-1)50(34-27-25-32(26-28-34)36-19-12-20-42-41-18-7-11-24-47(41)51-48(36)42)35-29-30-40-39-17-6-10-23-45(39)49(46(40)31-35)43-21-8-4-15-37(43)38-16-5-9-22-44(38)49/h1-31H. The predicted octanol–water partition coefficient (Wildman–Crippen LogP) is 13.5. The van der Waals surface area contributed by atoms with Crippen molar-refractivity contribution in [2.24, 2.45) is 0 Å². The van der Waals surface area contributed by atoms with Crippen LogP contribution in [0.5, 0.6) is 0 Å². The molecule has 0 amide bonds. The fourth-order valence-corrected chi connectivity index (χ4v) is 10.2. The zero-order valence-electron chi connectivity index (χ0n) is 27.8. The maximum atomic E-state index is 2.47. The summed E-state index contributed by atoms with van der Waals surface area (Å²) >= 11 is 1.88. The minimum atomic E-state index is -0.385. The summed E-state index contributed by atoms with van der Waals surface area (Å²) in [4.78, 5) is 2.41. The molecule has 0 saturated heterocycles. The van der Waals surface area contributed by atoms with Crippen LogP contribution < -0.4 is 4.90 Å². The highest BCUT2D eigenvalue weighted by Crippen LogP contribution is 2.63. The second-order valence-electron chi connectivity index (χ2n) is 13.6. The number of hydrogen-bond acceptors (Lipinski definition) is 2. The molecule has 2 aliphatic carbocycles. The summed E-state index contributed by atoms with van der Waals surface area (Å²) < 4.78 is 2.67. The van der Waals surface area contributed by atoms with Crippen LogP contribution in [-0.4, -0.2) is 0 Å². The Kier molecular flexibility index (Phi) is 6.11. The molecule has 0 bridgehead atoms. The van der Waals surface area contributed by atoms with Gasteiger partial charge in [-0.05, 0) is 98.1 Å². The molecule has 51 heavy (non-hydrogen) atoms. The predicted molar refractivity (Wildman–Crippen MR) is 216 cm³/mol. The van der Waals surface area contributed by atoms with E-state index in [4.69, 9.17) is 0 Å². The summed E-state index contributed by atoms with van der Waals surface area (Å²) in [5, 5.41) is 2.65.